The number of aromatic nitrogens is 2. The Hall–Kier alpha value is -2.67. The van der Waals surface area contributed by atoms with Crippen LogP contribution in [-0.2, 0) is 13.0 Å². The van der Waals surface area contributed by atoms with Crippen LogP contribution in [0, 0.1) is 18.3 Å². The number of anilines is 1. The number of benzene rings is 1. The Morgan fingerprint density at radius 1 is 1.41 bits per heavy atom. The van der Waals surface area contributed by atoms with Gasteiger partial charge in [0, 0.05) is 11.6 Å². The maximum atomic E-state index is 10.3. The van der Waals surface area contributed by atoms with Gasteiger partial charge in [0.1, 0.15) is 0 Å². The molecule has 0 spiro atoms. The van der Waals surface area contributed by atoms with Crippen molar-refractivity contribution in [3.05, 3.63) is 30.0 Å². The molecular weight excluding hydrogens is 274 g/mol. The van der Waals surface area contributed by atoms with Gasteiger partial charge in [0.2, 0.25) is 5.88 Å². The zero-order valence-electron chi connectivity index (χ0n) is 12.8. The molecule has 2 heterocycles. The number of aromatic hydroxyl groups is 1. The summed E-state index contributed by atoms with van der Waals surface area (Å²) in [5.74, 6) is 3.13. The number of nitrogen functional groups attached to an aromatic ring is 1. The zero-order valence-corrected chi connectivity index (χ0v) is 12.8. The highest BCUT2D eigenvalue weighted by Crippen LogP contribution is 2.36. The normalized spacial score (nSPS) is 11.4. The highest BCUT2D eigenvalue weighted by Gasteiger charge is 2.16. The zero-order chi connectivity index (χ0) is 15.9. The summed E-state index contributed by atoms with van der Waals surface area (Å²) < 4.78 is 1.59. The molecule has 0 saturated heterocycles. The molecule has 3 rings (SSSR count). The standard InChI is InChI=1S/C18H19N3O/c1-4-8-21-10-14-15(18(21)22)16(19)13-7-5-6-12(9-11(2)3)17(13)20-14/h1,5-7,10-11,22H,8-9,19H2,2-3H3. The Labute approximate surface area is 129 Å². The molecule has 112 valence electrons. The molecule has 0 amide bonds. The summed E-state index contributed by atoms with van der Waals surface area (Å²) in [5.41, 5.74) is 9.60. The van der Waals surface area contributed by atoms with Crippen LogP contribution in [0.15, 0.2) is 24.4 Å². The first-order valence-electron chi connectivity index (χ1n) is 7.35. The minimum Gasteiger partial charge on any atom is -0.494 e. The minimum absolute atomic E-state index is 0.0779. The topological polar surface area (TPSA) is 64.1 Å². The molecule has 0 fully saturated rings. The number of rotatable bonds is 3. The largest absolute Gasteiger partial charge is 0.494 e. The Bertz CT molecular complexity index is 900. The van der Waals surface area contributed by atoms with E-state index in [4.69, 9.17) is 17.1 Å². The highest BCUT2D eigenvalue weighted by molar-refractivity contribution is 6.09. The van der Waals surface area contributed by atoms with Crippen LogP contribution in [0.25, 0.3) is 21.8 Å². The molecule has 3 N–H and O–H groups in total. The molecule has 0 bridgehead atoms. The molecule has 0 saturated carbocycles. The van der Waals surface area contributed by atoms with Gasteiger partial charge in [0.15, 0.2) is 0 Å². The number of hydrogen-bond donors (Lipinski definition) is 2. The summed E-state index contributed by atoms with van der Waals surface area (Å²) >= 11 is 0. The Balaban J connectivity index is 2.35. The van der Waals surface area contributed by atoms with Crippen LogP contribution in [0.4, 0.5) is 5.69 Å². The van der Waals surface area contributed by atoms with Crippen LogP contribution >= 0.6 is 0 Å². The summed E-state index contributed by atoms with van der Waals surface area (Å²) in [6.07, 6.45) is 8.03. The number of nitrogens with two attached hydrogens (primary N) is 1. The molecule has 0 aliphatic carbocycles. The van der Waals surface area contributed by atoms with E-state index in [9.17, 15) is 5.11 Å². The maximum absolute atomic E-state index is 10.3. The fourth-order valence-electron chi connectivity index (χ4n) is 2.89. The van der Waals surface area contributed by atoms with Crippen LogP contribution < -0.4 is 5.73 Å². The van der Waals surface area contributed by atoms with Crippen molar-refractivity contribution in [3.63, 3.8) is 0 Å². The van der Waals surface area contributed by atoms with E-state index < -0.39 is 0 Å². The molecule has 22 heavy (non-hydrogen) atoms. The summed E-state index contributed by atoms with van der Waals surface area (Å²) in [4.78, 5) is 4.73. The molecule has 3 aromatic rings. The van der Waals surface area contributed by atoms with Crippen LogP contribution in [0.1, 0.15) is 19.4 Å². The first-order valence-corrected chi connectivity index (χ1v) is 7.35. The number of pyridine rings is 1. The quantitative estimate of drug-likeness (QED) is 0.728. The van der Waals surface area contributed by atoms with E-state index in [1.807, 2.05) is 12.1 Å². The van der Waals surface area contributed by atoms with E-state index >= 15 is 0 Å². The number of fused-ring (bicyclic) bond motifs is 2. The SMILES string of the molecule is C#CCn1cc2nc3c(CC(C)C)cccc3c(N)c2c1O. The van der Waals surface area contributed by atoms with Crippen LogP contribution in [-0.4, -0.2) is 14.7 Å². The Morgan fingerprint density at radius 3 is 2.86 bits per heavy atom. The van der Waals surface area contributed by atoms with Gasteiger partial charge in [-0.25, -0.2) is 4.98 Å². The van der Waals surface area contributed by atoms with E-state index in [0.29, 0.717) is 22.5 Å². The minimum atomic E-state index is 0.0779. The summed E-state index contributed by atoms with van der Waals surface area (Å²) in [5, 5.41) is 11.8. The van der Waals surface area contributed by atoms with E-state index in [1.54, 1.807) is 10.8 Å². The summed E-state index contributed by atoms with van der Waals surface area (Å²) in [6.45, 7) is 4.64. The van der Waals surface area contributed by atoms with Gasteiger partial charge in [0.05, 0.1) is 28.7 Å². The van der Waals surface area contributed by atoms with Gasteiger partial charge in [0.25, 0.3) is 0 Å². The number of hydrogen-bond acceptors (Lipinski definition) is 3. The molecule has 4 nitrogen and oxygen atoms in total. The van der Waals surface area contributed by atoms with Gasteiger partial charge in [-0.3, -0.25) is 0 Å². The van der Waals surface area contributed by atoms with Gasteiger partial charge < -0.3 is 15.4 Å². The van der Waals surface area contributed by atoms with Gasteiger partial charge in [-0.1, -0.05) is 38.0 Å². The molecule has 4 heteroatoms. The smallest absolute Gasteiger partial charge is 0.203 e. The predicted octanol–water partition coefficient (Wildman–Crippen LogP) is 3.31. The lowest BCUT2D eigenvalue weighted by molar-refractivity contribution is 0.433. The van der Waals surface area contributed by atoms with Crippen molar-refractivity contribution >= 4 is 27.5 Å². The lowest BCUT2D eigenvalue weighted by atomic mass is 9.99. The van der Waals surface area contributed by atoms with Crippen LogP contribution in [0.3, 0.4) is 0 Å². The number of terminal acetylenes is 1. The number of para-hydroxylation sites is 1. The summed E-state index contributed by atoms with van der Waals surface area (Å²) in [7, 11) is 0. The highest BCUT2D eigenvalue weighted by atomic mass is 16.3. The maximum Gasteiger partial charge on any atom is 0.203 e. The van der Waals surface area contributed by atoms with Gasteiger partial charge in [-0.15, -0.1) is 6.42 Å². The third-order valence-corrected chi connectivity index (χ3v) is 3.83. The molecule has 2 aromatic heterocycles. The molecule has 1 aromatic carbocycles. The van der Waals surface area contributed by atoms with Gasteiger partial charge in [-0.05, 0) is 17.9 Å². The lowest BCUT2D eigenvalue weighted by Crippen LogP contribution is -1.98. The fraction of sp³-hybridized carbons (Fsp3) is 0.278. The first-order chi connectivity index (χ1) is 10.5. The monoisotopic (exact) mass is 293 g/mol. The second kappa shape index (κ2) is 5.27. The van der Waals surface area contributed by atoms with Gasteiger partial charge in [-0.2, -0.15) is 0 Å². The third-order valence-electron chi connectivity index (χ3n) is 3.83. The third kappa shape index (κ3) is 2.15. The fourth-order valence-corrected chi connectivity index (χ4v) is 2.89. The second-order valence-corrected chi connectivity index (χ2v) is 5.98. The average molecular weight is 293 g/mol. The van der Waals surface area contributed by atoms with Crippen molar-refractivity contribution in [3.8, 4) is 18.2 Å². The predicted molar refractivity (Wildman–Crippen MR) is 90.7 cm³/mol. The van der Waals surface area contributed by atoms with Crippen molar-refractivity contribution in [2.24, 2.45) is 5.92 Å². The van der Waals surface area contributed by atoms with Crippen molar-refractivity contribution < 1.29 is 5.11 Å². The summed E-state index contributed by atoms with van der Waals surface area (Å²) in [6, 6.07) is 6.01. The molecular formula is C18H19N3O. The van der Waals surface area contributed by atoms with Crippen molar-refractivity contribution in [2.75, 3.05) is 5.73 Å². The van der Waals surface area contributed by atoms with Crippen LogP contribution in [0.2, 0.25) is 0 Å². The van der Waals surface area contributed by atoms with Crippen LogP contribution in [0.5, 0.6) is 5.88 Å². The Morgan fingerprint density at radius 2 is 2.18 bits per heavy atom. The number of nitrogens with zero attached hydrogens (tertiary/aromatic N) is 2. The molecule has 0 unspecified atom stereocenters. The second-order valence-electron chi connectivity index (χ2n) is 5.98. The molecule has 0 atom stereocenters. The van der Waals surface area contributed by atoms with E-state index in [0.717, 1.165) is 17.3 Å². The van der Waals surface area contributed by atoms with E-state index in [1.165, 1.54) is 5.56 Å². The average Bonchev–Trinajstić information content (AvgIpc) is 2.77. The Kier molecular flexibility index (Phi) is 3.42. The molecule has 0 aliphatic heterocycles. The lowest BCUT2D eigenvalue weighted by Gasteiger charge is -2.10. The van der Waals surface area contributed by atoms with Crippen molar-refractivity contribution in [1.82, 2.24) is 9.55 Å². The van der Waals surface area contributed by atoms with E-state index in [-0.39, 0.29) is 12.4 Å². The van der Waals surface area contributed by atoms with Crippen molar-refractivity contribution in [2.45, 2.75) is 26.8 Å². The molecule has 0 radical (unpaired) electrons. The first kappa shape index (κ1) is 14.3. The van der Waals surface area contributed by atoms with Crippen molar-refractivity contribution in [1.29, 1.82) is 0 Å². The van der Waals surface area contributed by atoms with Gasteiger partial charge >= 0.3 is 0 Å². The van der Waals surface area contributed by atoms with E-state index in [2.05, 4.69) is 25.8 Å². The molecule has 0 aliphatic rings.